The number of carbonyl (C=O) groups is 2. The lowest BCUT2D eigenvalue weighted by molar-refractivity contribution is -0.139. The quantitative estimate of drug-likeness (QED) is 0.737. The summed E-state index contributed by atoms with van der Waals surface area (Å²) < 4.78 is 1.81. The van der Waals surface area contributed by atoms with E-state index in [1.54, 1.807) is 0 Å². The van der Waals surface area contributed by atoms with Crippen molar-refractivity contribution in [3.05, 3.63) is 26.6 Å². The standard InChI is InChI=1S/C22H28N4O3S/c1-14-17-19(23-16-8-3-2-4-9-26(16)21(17)28)30-18(14)22(29)25-12-10-24(11-13-25)20(27)15-6-5-7-15/h15H,2-13H2,1H3. The normalized spacial score (nSPS) is 20.0. The van der Waals surface area contributed by atoms with Crippen molar-refractivity contribution in [1.29, 1.82) is 0 Å². The van der Waals surface area contributed by atoms with Gasteiger partial charge in [-0.05, 0) is 38.2 Å². The van der Waals surface area contributed by atoms with Crippen molar-refractivity contribution in [3.63, 3.8) is 0 Å². The van der Waals surface area contributed by atoms with Crippen LogP contribution >= 0.6 is 11.3 Å². The number of thiophene rings is 1. The molecule has 8 heteroatoms. The number of fused-ring (bicyclic) bond motifs is 2. The lowest BCUT2D eigenvalue weighted by Gasteiger charge is -2.38. The lowest BCUT2D eigenvalue weighted by Crippen LogP contribution is -2.52. The molecule has 160 valence electrons. The van der Waals surface area contributed by atoms with Crippen molar-refractivity contribution in [2.45, 2.75) is 58.4 Å². The van der Waals surface area contributed by atoms with Gasteiger partial charge in [-0.2, -0.15) is 0 Å². The summed E-state index contributed by atoms with van der Waals surface area (Å²) in [7, 11) is 0. The summed E-state index contributed by atoms with van der Waals surface area (Å²) in [5.41, 5.74) is 0.755. The molecule has 4 heterocycles. The lowest BCUT2D eigenvalue weighted by atomic mass is 9.84. The number of aryl methyl sites for hydroxylation is 2. The van der Waals surface area contributed by atoms with Crippen LogP contribution in [0, 0.1) is 12.8 Å². The molecule has 0 atom stereocenters. The van der Waals surface area contributed by atoms with Crippen molar-refractivity contribution in [2.24, 2.45) is 5.92 Å². The van der Waals surface area contributed by atoms with Gasteiger partial charge in [0, 0.05) is 45.1 Å². The van der Waals surface area contributed by atoms with Gasteiger partial charge >= 0.3 is 0 Å². The van der Waals surface area contributed by atoms with Gasteiger partial charge in [-0.25, -0.2) is 4.98 Å². The largest absolute Gasteiger partial charge is 0.339 e. The number of amides is 2. The molecular formula is C22H28N4O3S. The summed E-state index contributed by atoms with van der Waals surface area (Å²) >= 11 is 1.35. The Labute approximate surface area is 179 Å². The first-order valence-corrected chi connectivity index (χ1v) is 12.0. The minimum atomic E-state index is -0.0363. The molecule has 0 unspecified atom stereocenters. The second kappa shape index (κ2) is 7.80. The molecule has 3 aliphatic rings. The van der Waals surface area contributed by atoms with E-state index in [0.717, 1.165) is 56.3 Å². The van der Waals surface area contributed by atoms with Crippen LogP contribution < -0.4 is 5.56 Å². The van der Waals surface area contributed by atoms with Gasteiger partial charge in [0.05, 0.1) is 10.3 Å². The number of hydrogen-bond donors (Lipinski definition) is 0. The smallest absolute Gasteiger partial charge is 0.264 e. The highest BCUT2D eigenvalue weighted by atomic mass is 32.1. The molecule has 2 aromatic rings. The maximum Gasteiger partial charge on any atom is 0.264 e. The molecule has 2 fully saturated rings. The van der Waals surface area contributed by atoms with Gasteiger partial charge in [0.25, 0.3) is 11.5 Å². The monoisotopic (exact) mass is 428 g/mol. The molecule has 0 bridgehead atoms. The fraction of sp³-hybridized carbons (Fsp3) is 0.636. The van der Waals surface area contributed by atoms with Crippen LogP contribution in [0.15, 0.2) is 4.79 Å². The molecule has 2 amide bonds. The number of nitrogens with zero attached hydrogens (tertiary/aromatic N) is 4. The van der Waals surface area contributed by atoms with E-state index >= 15 is 0 Å². The van der Waals surface area contributed by atoms with Gasteiger partial charge in [-0.1, -0.05) is 12.8 Å². The van der Waals surface area contributed by atoms with Gasteiger partial charge in [0.15, 0.2) is 0 Å². The highest BCUT2D eigenvalue weighted by molar-refractivity contribution is 7.20. The second-order valence-electron chi connectivity index (χ2n) is 8.78. The highest BCUT2D eigenvalue weighted by Crippen LogP contribution is 2.31. The van der Waals surface area contributed by atoms with E-state index < -0.39 is 0 Å². The molecule has 2 aliphatic heterocycles. The molecule has 0 N–H and O–H groups in total. The topological polar surface area (TPSA) is 75.5 Å². The summed E-state index contributed by atoms with van der Waals surface area (Å²) in [6.07, 6.45) is 7.15. The number of piperazine rings is 1. The average molecular weight is 429 g/mol. The van der Waals surface area contributed by atoms with Crippen LogP contribution in [0.3, 0.4) is 0 Å². The third-order valence-corrected chi connectivity index (χ3v) is 8.11. The first kappa shape index (κ1) is 19.7. The molecule has 5 rings (SSSR count). The Morgan fingerprint density at radius 2 is 1.70 bits per heavy atom. The molecule has 0 radical (unpaired) electrons. The van der Waals surface area contributed by atoms with E-state index in [0.29, 0.717) is 47.8 Å². The predicted molar refractivity (Wildman–Crippen MR) is 116 cm³/mol. The van der Waals surface area contributed by atoms with Crippen LogP contribution in [0.1, 0.15) is 59.6 Å². The van der Waals surface area contributed by atoms with E-state index in [9.17, 15) is 14.4 Å². The fourth-order valence-corrected chi connectivity index (χ4v) is 5.96. The highest BCUT2D eigenvalue weighted by Gasteiger charge is 2.33. The van der Waals surface area contributed by atoms with Crippen LogP contribution in [0.4, 0.5) is 0 Å². The predicted octanol–water partition coefficient (Wildman–Crippen LogP) is 2.58. The van der Waals surface area contributed by atoms with E-state index in [-0.39, 0.29) is 23.3 Å². The number of carbonyl (C=O) groups excluding carboxylic acids is 2. The van der Waals surface area contributed by atoms with Crippen molar-refractivity contribution in [2.75, 3.05) is 26.2 Å². The van der Waals surface area contributed by atoms with Crippen LogP contribution in [0.25, 0.3) is 10.2 Å². The first-order valence-electron chi connectivity index (χ1n) is 11.2. The molecule has 0 spiro atoms. The Bertz CT molecular complexity index is 1060. The van der Waals surface area contributed by atoms with E-state index in [2.05, 4.69) is 0 Å². The molecule has 1 saturated heterocycles. The SMILES string of the molecule is Cc1c(C(=O)N2CCN(C(=O)C3CCC3)CC2)sc2nc3n(c(=O)c12)CCCCC3. The van der Waals surface area contributed by atoms with Crippen molar-refractivity contribution in [3.8, 4) is 0 Å². The van der Waals surface area contributed by atoms with Gasteiger partial charge in [0.1, 0.15) is 10.7 Å². The first-order chi connectivity index (χ1) is 14.5. The summed E-state index contributed by atoms with van der Waals surface area (Å²) in [5, 5.41) is 0.604. The van der Waals surface area contributed by atoms with E-state index in [4.69, 9.17) is 4.98 Å². The Kier molecular flexibility index (Phi) is 5.13. The van der Waals surface area contributed by atoms with E-state index in [1.807, 2.05) is 21.3 Å². The van der Waals surface area contributed by atoms with Gasteiger partial charge < -0.3 is 9.80 Å². The van der Waals surface area contributed by atoms with Gasteiger partial charge in [-0.15, -0.1) is 11.3 Å². The van der Waals surface area contributed by atoms with Crippen molar-refractivity contribution < 1.29 is 9.59 Å². The maximum atomic E-state index is 13.3. The third-order valence-electron chi connectivity index (χ3n) is 6.94. The zero-order valence-electron chi connectivity index (χ0n) is 17.5. The Balaban J connectivity index is 1.38. The number of hydrogen-bond acceptors (Lipinski definition) is 5. The Hall–Kier alpha value is -2.22. The third kappa shape index (κ3) is 3.25. The average Bonchev–Trinajstić information content (AvgIpc) is 2.87. The molecule has 0 aromatic carbocycles. The Morgan fingerprint density at radius 3 is 2.40 bits per heavy atom. The number of aromatic nitrogens is 2. The maximum absolute atomic E-state index is 13.3. The summed E-state index contributed by atoms with van der Waals surface area (Å²) in [6, 6.07) is 0. The fourth-order valence-electron chi connectivity index (χ4n) is 4.80. The van der Waals surface area contributed by atoms with Crippen molar-refractivity contribution in [1.82, 2.24) is 19.4 Å². The summed E-state index contributed by atoms with van der Waals surface area (Å²) in [5.74, 6) is 1.27. The molecule has 2 aromatic heterocycles. The zero-order valence-corrected chi connectivity index (χ0v) is 18.3. The van der Waals surface area contributed by atoms with Gasteiger partial charge in [-0.3, -0.25) is 19.0 Å². The second-order valence-corrected chi connectivity index (χ2v) is 9.78. The van der Waals surface area contributed by atoms with Crippen LogP contribution in [0.5, 0.6) is 0 Å². The summed E-state index contributed by atoms with van der Waals surface area (Å²) in [6.45, 7) is 4.88. The molecule has 7 nitrogen and oxygen atoms in total. The minimum absolute atomic E-state index is 0.000569. The molecule has 1 aliphatic carbocycles. The van der Waals surface area contributed by atoms with Crippen LogP contribution in [0.2, 0.25) is 0 Å². The summed E-state index contributed by atoms with van der Waals surface area (Å²) in [4.78, 5) is 48.7. The van der Waals surface area contributed by atoms with Crippen LogP contribution in [-0.2, 0) is 17.8 Å². The van der Waals surface area contributed by atoms with E-state index in [1.165, 1.54) is 11.3 Å². The molecule has 1 saturated carbocycles. The van der Waals surface area contributed by atoms with Crippen LogP contribution in [-0.4, -0.2) is 57.3 Å². The van der Waals surface area contributed by atoms with Gasteiger partial charge in [0.2, 0.25) is 5.91 Å². The zero-order chi connectivity index (χ0) is 20.8. The molecular weight excluding hydrogens is 400 g/mol. The minimum Gasteiger partial charge on any atom is -0.339 e. The van der Waals surface area contributed by atoms with Crippen molar-refractivity contribution >= 4 is 33.4 Å². The number of rotatable bonds is 2. The Morgan fingerprint density at radius 1 is 0.967 bits per heavy atom. The molecule has 30 heavy (non-hydrogen) atoms.